The van der Waals surface area contributed by atoms with E-state index in [2.05, 4.69) is 4.18 Å². The van der Waals surface area contributed by atoms with Crippen molar-refractivity contribution < 1.29 is 34.6 Å². The Morgan fingerprint density at radius 1 is 1.19 bits per heavy atom. The van der Waals surface area contributed by atoms with Crippen LogP contribution in [0.15, 0.2) is 21.5 Å². The summed E-state index contributed by atoms with van der Waals surface area (Å²) in [6.45, 7) is 1.03. The molecule has 27 heavy (non-hydrogen) atoms. The van der Waals surface area contributed by atoms with E-state index in [4.69, 9.17) is 4.42 Å². The second-order valence-electron chi connectivity index (χ2n) is 6.53. The average Bonchev–Trinajstić information content (AvgIpc) is 2.59. The van der Waals surface area contributed by atoms with Gasteiger partial charge in [0.05, 0.1) is 6.26 Å². The van der Waals surface area contributed by atoms with E-state index in [1.807, 2.05) is 0 Å². The molecule has 10 heteroatoms. The van der Waals surface area contributed by atoms with Gasteiger partial charge in [-0.15, -0.1) is 0 Å². The number of halogens is 4. The van der Waals surface area contributed by atoms with Crippen molar-refractivity contribution in [2.45, 2.75) is 50.5 Å². The summed E-state index contributed by atoms with van der Waals surface area (Å²) in [5, 5.41) is -0.424. The highest BCUT2D eigenvalue weighted by molar-refractivity contribution is 7.88. The fourth-order valence-corrected chi connectivity index (χ4v) is 3.78. The van der Waals surface area contributed by atoms with Crippen LogP contribution in [0.4, 0.5) is 17.6 Å². The number of benzene rings is 1. The van der Waals surface area contributed by atoms with E-state index in [-0.39, 0.29) is 11.5 Å². The molecule has 1 saturated carbocycles. The third-order valence-electron chi connectivity index (χ3n) is 4.76. The zero-order chi connectivity index (χ0) is 20.0. The monoisotopic (exact) mass is 408 g/mol. The molecule has 0 unspecified atom stereocenters. The Bertz CT molecular complexity index is 1030. The van der Waals surface area contributed by atoms with Gasteiger partial charge in [-0.2, -0.15) is 21.6 Å². The van der Waals surface area contributed by atoms with Gasteiger partial charge in [-0.05, 0) is 25.7 Å². The number of rotatable bonds is 3. The van der Waals surface area contributed by atoms with E-state index in [0.717, 1.165) is 51.4 Å². The van der Waals surface area contributed by atoms with Crippen molar-refractivity contribution in [2.24, 2.45) is 0 Å². The molecule has 0 spiro atoms. The summed E-state index contributed by atoms with van der Waals surface area (Å²) in [6.07, 6.45) is 5.62. The molecule has 0 bridgehead atoms. The van der Waals surface area contributed by atoms with Crippen LogP contribution in [0, 0.1) is 12.7 Å². The van der Waals surface area contributed by atoms with E-state index in [0.29, 0.717) is 5.56 Å². The van der Waals surface area contributed by atoms with Crippen LogP contribution in [0.5, 0.6) is 5.75 Å². The van der Waals surface area contributed by atoms with Crippen LogP contribution < -0.4 is 9.61 Å². The standard InChI is InChI=1S/C17H16F4O5S/c1-9-12(26-27(23,24)17(19,20)21)7-13-14(15(9)18)16(22)11(8-25-13)10-5-3-2-4-6-10/h7-8,10H,2-6H2,1H3. The Morgan fingerprint density at radius 3 is 2.41 bits per heavy atom. The number of fused-ring (bicyclic) bond motifs is 1. The van der Waals surface area contributed by atoms with E-state index in [1.54, 1.807) is 0 Å². The topological polar surface area (TPSA) is 73.6 Å². The fraction of sp³-hybridized carbons (Fsp3) is 0.471. The Labute approximate surface area is 152 Å². The van der Waals surface area contributed by atoms with Crippen LogP contribution in [-0.4, -0.2) is 13.9 Å². The normalized spacial score (nSPS) is 16.6. The molecule has 1 aromatic heterocycles. The van der Waals surface area contributed by atoms with Crippen molar-refractivity contribution in [1.82, 2.24) is 0 Å². The molecule has 1 aliphatic carbocycles. The molecule has 0 atom stereocenters. The second kappa shape index (κ2) is 6.81. The summed E-state index contributed by atoms with van der Waals surface area (Å²) in [5.74, 6) is -2.11. The van der Waals surface area contributed by atoms with Crippen molar-refractivity contribution in [2.75, 3.05) is 0 Å². The minimum absolute atomic E-state index is 0.0689. The highest BCUT2D eigenvalue weighted by Crippen LogP contribution is 2.35. The lowest BCUT2D eigenvalue weighted by atomic mass is 9.84. The summed E-state index contributed by atoms with van der Waals surface area (Å²) in [4.78, 5) is 12.7. The molecule has 0 aliphatic heterocycles. The summed E-state index contributed by atoms with van der Waals surface area (Å²) in [6, 6.07) is 0.781. The summed E-state index contributed by atoms with van der Waals surface area (Å²) in [5.41, 5.74) is -6.86. The zero-order valence-corrected chi connectivity index (χ0v) is 15.0. The number of hydrogen-bond donors (Lipinski definition) is 0. The van der Waals surface area contributed by atoms with Gasteiger partial charge in [-0.1, -0.05) is 19.3 Å². The van der Waals surface area contributed by atoms with Crippen molar-refractivity contribution in [3.8, 4) is 5.75 Å². The van der Waals surface area contributed by atoms with Crippen molar-refractivity contribution in [3.05, 3.63) is 39.5 Å². The maximum absolute atomic E-state index is 14.7. The Balaban J connectivity index is 2.12. The van der Waals surface area contributed by atoms with Crippen LogP contribution in [0.2, 0.25) is 0 Å². The van der Waals surface area contributed by atoms with Crippen LogP contribution in [0.3, 0.4) is 0 Å². The van der Waals surface area contributed by atoms with E-state index in [1.165, 1.54) is 0 Å². The lowest BCUT2D eigenvalue weighted by molar-refractivity contribution is -0.0500. The summed E-state index contributed by atoms with van der Waals surface area (Å²) >= 11 is 0. The SMILES string of the molecule is Cc1c(OS(=O)(=O)C(F)(F)F)cc2occ(C3CCCCC3)c(=O)c2c1F. The molecular weight excluding hydrogens is 392 g/mol. The minimum Gasteiger partial charge on any atom is -0.464 e. The third-order valence-corrected chi connectivity index (χ3v) is 5.72. The lowest BCUT2D eigenvalue weighted by Gasteiger charge is -2.21. The Hall–Kier alpha value is -2.10. The molecule has 1 aromatic carbocycles. The summed E-state index contributed by atoms with van der Waals surface area (Å²) < 4.78 is 83.9. The molecule has 1 aliphatic rings. The molecule has 2 aromatic rings. The van der Waals surface area contributed by atoms with Crippen molar-refractivity contribution in [3.63, 3.8) is 0 Å². The van der Waals surface area contributed by atoms with Gasteiger partial charge >= 0.3 is 15.6 Å². The first-order chi connectivity index (χ1) is 12.5. The first-order valence-electron chi connectivity index (χ1n) is 8.28. The molecule has 0 N–H and O–H groups in total. The predicted molar refractivity (Wildman–Crippen MR) is 88.6 cm³/mol. The lowest BCUT2D eigenvalue weighted by Crippen LogP contribution is -2.28. The zero-order valence-electron chi connectivity index (χ0n) is 14.2. The van der Waals surface area contributed by atoms with Crippen LogP contribution >= 0.6 is 0 Å². The van der Waals surface area contributed by atoms with Gasteiger partial charge in [0.2, 0.25) is 0 Å². The van der Waals surface area contributed by atoms with Crippen molar-refractivity contribution in [1.29, 1.82) is 0 Å². The molecule has 0 saturated heterocycles. The number of hydrogen-bond acceptors (Lipinski definition) is 5. The van der Waals surface area contributed by atoms with Crippen molar-refractivity contribution >= 4 is 21.1 Å². The third kappa shape index (κ3) is 3.54. The van der Waals surface area contributed by atoms with Gasteiger partial charge < -0.3 is 8.60 Å². The molecule has 3 rings (SSSR count). The Kier molecular flexibility index (Phi) is 4.96. The molecule has 0 amide bonds. The number of alkyl halides is 3. The molecular formula is C17H16F4O5S. The highest BCUT2D eigenvalue weighted by Gasteiger charge is 2.49. The molecule has 1 heterocycles. The van der Waals surface area contributed by atoms with Crippen LogP contribution in [-0.2, 0) is 10.1 Å². The fourth-order valence-electron chi connectivity index (χ4n) is 3.28. The van der Waals surface area contributed by atoms with Gasteiger partial charge in [0.25, 0.3) is 0 Å². The smallest absolute Gasteiger partial charge is 0.464 e. The van der Waals surface area contributed by atoms with E-state index in [9.17, 15) is 30.8 Å². The highest BCUT2D eigenvalue weighted by atomic mass is 32.2. The minimum atomic E-state index is -5.98. The first-order valence-corrected chi connectivity index (χ1v) is 9.69. The summed E-state index contributed by atoms with van der Waals surface area (Å²) in [7, 11) is -5.98. The van der Waals surface area contributed by atoms with E-state index >= 15 is 0 Å². The van der Waals surface area contributed by atoms with E-state index < -0.39 is 43.6 Å². The maximum atomic E-state index is 14.7. The first kappa shape index (κ1) is 19.7. The Morgan fingerprint density at radius 2 is 1.81 bits per heavy atom. The molecule has 148 valence electrons. The van der Waals surface area contributed by atoms with Gasteiger partial charge in [0.1, 0.15) is 16.8 Å². The molecule has 5 nitrogen and oxygen atoms in total. The van der Waals surface area contributed by atoms with Gasteiger partial charge in [-0.25, -0.2) is 4.39 Å². The van der Waals surface area contributed by atoms with Gasteiger partial charge in [-0.3, -0.25) is 4.79 Å². The predicted octanol–water partition coefficient (Wildman–Crippen LogP) is 4.52. The van der Waals surface area contributed by atoms with Gasteiger partial charge in [0, 0.05) is 17.2 Å². The molecule has 1 fully saturated rings. The van der Waals surface area contributed by atoms with Crippen LogP contribution in [0.1, 0.15) is 49.1 Å². The second-order valence-corrected chi connectivity index (χ2v) is 8.06. The quantitative estimate of drug-likeness (QED) is 0.424. The largest absolute Gasteiger partial charge is 0.534 e. The molecule has 0 radical (unpaired) electrons. The maximum Gasteiger partial charge on any atom is 0.534 e. The van der Waals surface area contributed by atoms with Crippen LogP contribution in [0.25, 0.3) is 11.0 Å². The van der Waals surface area contributed by atoms with Gasteiger partial charge in [0.15, 0.2) is 11.2 Å². The average molecular weight is 408 g/mol.